The van der Waals surface area contributed by atoms with Crippen LogP contribution >= 0.6 is 15.9 Å². The molecule has 2 heterocycles. The maximum absolute atomic E-state index is 10.4. The van der Waals surface area contributed by atoms with Gasteiger partial charge in [-0.05, 0) is 44.0 Å². The summed E-state index contributed by atoms with van der Waals surface area (Å²) >= 11 is 3.20. The summed E-state index contributed by atoms with van der Waals surface area (Å²) in [5.74, 6) is 0.731. The Hall–Kier alpha value is -2.02. The third-order valence-corrected chi connectivity index (χ3v) is 2.31. The van der Waals surface area contributed by atoms with Gasteiger partial charge in [0.25, 0.3) is 0 Å². The maximum atomic E-state index is 10.4. The van der Waals surface area contributed by atoms with Crippen molar-refractivity contribution in [3.8, 4) is 11.5 Å². The van der Waals surface area contributed by atoms with Crippen molar-refractivity contribution in [1.82, 2.24) is 9.97 Å². The molecule has 86 valence electrons. The van der Waals surface area contributed by atoms with E-state index in [0.29, 0.717) is 16.1 Å². The van der Waals surface area contributed by atoms with Crippen LogP contribution in [0.5, 0.6) is 11.5 Å². The zero-order chi connectivity index (χ0) is 12.3. The van der Waals surface area contributed by atoms with E-state index >= 15 is 0 Å². The van der Waals surface area contributed by atoms with E-state index in [2.05, 4.69) is 25.9 Å². The highest BCUT2D eigenvalue weighted by Crippen LogP contribution is 2.22. The van der Waals surface area contributed by atoms with E-state index in [9.17, 15) is 10.1 Å². The summed E-state index contributed by atoms with van der Waals surface area (Å²) in [7, 11) is 0. The highest BCUT2D eigenvalue weighted by molar-refractivity contribution is 9.10. The molecule has 0 aliphatic carbocycles. The lowest BCUT2D eigenvalue weighted by Crippen LogP contribution is -1.92. The lowest BCUT2D eigenvalue weighted by atomic mass is 10.4. The van der Waals surface area contributed by atoms with Crippen LogP contribution < -0.4 is 4.74 Å². The van der Waals surface area contributed by atoms with Crippen molar-refractivity contribution in [2.45, 2.75) is 0 Å². The molecular weight excluding hydrogens is 290 g/mol. The molecule has 6 nitrogen and oxygen atoms in total. The van der Waals surface area contributed by atoms with Gasteiger partial charge < -0.3 is 14.9 Å². The largest absolute Gasteiger partial charge is 0.452 e. The minimum atomic E-state index is -0.565. The molecule has 0 saturated heterocycles. The van der Waals surface area contributed by atoms with Gasteiger partial charge in [-0.2, -0.15) is 0 Å². The van der Waals surface area contributed by atoms with E-state index < -0.39 is 4.92 Å². The first-order chi connectivity index (χ1) is 8.15. The molecule has 0 aliphatic heterocycles. The highest BCUT2D eigenvalue weighted by atomic mass is 79.9. The number of halogens is 1. The first-order valence-corrected chi connectivity index (χ1v) is 5.34. The van der Waals surface area contributed by atoms with Gasteiger partial charge in [-0.3, -0.25) is 0 Å². The lowest BCUT2D eigenvalue weighted by molar-refractivity contribution is -0.389. The fourth-order valence-corrected chi connectivity index (χ4v) is 1.33. The van der Waals surface area contributed by atoms with E-state index in [0.717, 1.165) is 0 Å². The molecule has 0 atom stereocenters. The van der Waals surface area contributed by atoms with Crippen LogP contribution in [0, 0.1) is 10.1 Å². The number of nitrogens with zero attached hydrogens (tertiary/aromatic N) is 3. The Morgan fingerprint density at radius 1 is 1.12 bits per heavy atom. The standard InChI is InChI=1S/C10H6BrN3O3/c11-9-3-1-7(5-12-9)17-8-2-4-10(13-6-8)14(15)16/h1-6H. The molecule has 2 aromatic rings. The Morgan fingerprint density at radius 2 is 1.76 bits per heavy atom. The second-order valence-electron chi connectivity index (χ2n) is 3.03. The zero-order valence-electron chi connectivity index (χ0n) is 8.41. The van der Waals surface area contributed by atoms with Crippen LogP contribution in [0.1, 0.15) is 0 Å². The van der Waals surface area contributed by atoms with Crippen LogP contribution in [-0.4, -0.2) is 14.9 Å². The normalized spacial score (nSPS) is 9.94. The molecular formula is C10H6BrN3O3. The predicted octanol–water partition coefficient (Wildman–Crippen LogP) is 2.94. The topological polar surface area (TPSA) is 78.2 Å². The van der Waals surface area contributed by atoms with E-state index in [1.54, 1.807) is 12.1 Å². The summed E-state index contributed by atoms with van der Waals surface area (Å²) < 4.78 is 6.10. The van der Waals surface area contributed by atoms with Crippen molar-refractivity contribution in [3.63, 3.8) is 0 Å². The minimum absolute atomic E-state index is 0.216. The van der Waals surface area contributed by atoms with Crippen molar-refractivity contribution in [2.24, 2.45) is 0 Å². The average Bonchev–Trinajstić information content (AvgIpc) is 2.33. The quantitative estimate of drug-likeness (QED) is 0.494. The van der Waals surface area contributed by atoms with Gasteiger partial charge in [-0.15, -0.1) is 0 Å². The fourth-order valence-electron chi connectivity index (χ4n) is 1.10. The lowest BCUT2D eigenvalue weighted by Gasteiger charge is -2.02. The van der Waals surface area contributed by atoms with Crippen molar-refractivity contribution >= 4 is 21.7 Å². The second kappa shape index (κ2) is 4.88. The average molecular weight is 296 g/mol. The molecule has 0 saturated carbocycles. The molecule has 2 rings (SSSR count). The molecule has 0 bridgehead atoms. The highest BCUT2D eigenvalue weighted by Gasteiger charge is 2.07. The number of rotatable bonds is 3. The summed E-state index contributed by atoms with van der Waals surface area (Å²) in [5, 5.41) is 10.4. The van der Waals surface area contributed by atoms with Crippen LogP contribution in [-0.2, 0) is 0 Å². The zero-order valence-corrected chi connectivity index (χ0v) is 9.99. The predicted molar refractivity (Wildman–Crippen MR) is 62.9 cm³/mol. The van der Waals surface area contributed by atoms with Crippen molar-refractivity contribution in [2.75, 3.05) is 0 Å². The van der Waals surface area contributed by atoms with E-state index in [-0.39, 0.29) is 5.82 Å². The first kappa shape index (κ1) is 11.5. The number of pyridine rings is 2. The van der Waals surface area contributed by atoms with Gasteiger partial charge in [0, 0.05) is 6.07 Å². The van der Waals surface area contributed by atoms with Crippen molar-refractivity contribution in [3.05, 3.63) is 51.4 Å². The molecule has 0 N–H and O–H groups in total. The van der Waals surface area contributed by atoms with Crippen molar-refractivity contribution < 1.29 is 9.66 Å². The molecule has 0 amide bonds. The molecule has 7 heteroatoms. The van der Waals surface area contributed by atoms with Crippen LogP contribution in [0.25, 0.3) is 0 Å². The molecule has 17 heavy (non-hydrogen) atoms. The van der Waals surface area contributed by atoms with Gasteiger partial charge in [0.05, 0.1) is 6.20 Å². The molecule has 2 aromatic heterocycles. The molecule has 0 spiro atoms. The monoisotopic (exact) mass is 295 g/mol. The summed E-state index contributed by atoms with van der Waals surface area (Å²) in [6.45, 7) is 0. The molecule has 0 fully saturated rings. The van der Waals surface area contributed by atoms with Crippen LogP contribution in [0.4, 0.5) is 5.82 Å². The van der Waals surface area contributed by atoms with E-state index in [1.807, 2.05) is 0 Å². The van der Waals surface area contributed by atoms with Gasteiger partial charge in [-0.25, -0.2) is 4.98 Å². The summed E-state index contributed by atoms with van der Waals surface area (Å²) in [5.41, 5.74) is 0. The number of hydrogen-bond donors (Lipinski definition) is 0. The van der Waals surface area contributed by atoms with Crippen LogP contribution in [0.15, 0.2) is 41.3 Å². The van der Waals surface area contributed by atoms with E-state index in [1.165, 1.54) is 24.5 Å². The third kappa shape index (κ3) is 2.97. The van der Waals surface area contributed by atoms with Gasteiger partial charge in [0.2, 0.25) is 0 Å². The Labute approximate surface area is 105 Å². The van der Waals surface area contributed by atoms with Gasteiger partial charge >= 0.3 is 5.82 Å². The maximum Gasteiger partial charge on any atom is 0.363 e. The Kier molecular flexibility index (Phi) is 3.29. The summed E-state index contributed by atoms with van der Waals surface area (Å²) in [6, 6.07) is 6.21. The summed E-state index contributed by atoms with van der Waals surface area (Å²) in [4.78, 5) is 17.5. The number of hydrogen-bond acceptors (Lipinski definition) is 5. The summed E-state index contributed by atoms with van der Waals surface area (Å²) in [6.07, 6.45) is 2.83. The number of ether oxygens (including phenoxy) is 1. The minimum Gasteiger partial charge on any atom is -0.452 e. The number of nitro groups is 1. The van der Waals surface area contributed by atoms with Crippen LogP contribution in [0.2, 0.25) is 0 Å². The number of aromatic nitrogens is 2. The van der Waals surface area contributed by atoms with E-state index in [4.69, 9.17) is 4.74 Å². The third-order valence-electron chi connectivity index (χ3n) is 1.84. The Bertz CT molecular complexity index is 527. The molecule has 0 radical (unpaired) electrons. The second-order valence-corrected chi connectivity index (χ2v) is 3.84. The Balaban J connectivity index is 2.13. The van der Waals surface area contributed by atoms with Crippen LogP contribution in [0.3, 0.4) is 0 Å². The van der Waals surface area contributed by atoms with Gasteiger partial charge in [-0.1, -0.05) is 0 Å². The SMILES string of the molecule is O=[N+]([O-])c1ccc(Oc2ccc(Br)nc2)cn1. The molecule has 0 aliphatic rings. The van der Waals surface area contributed by atoms with Crippen molar-refractivity contribution in [1.29, 1.82) is 0 Å². The smallest absolute Gasteiger partial charge is 0.363 e. The van der Waals surface area contributed by atoms with Gasteiger partial charge in [0.15, 0.2) is 11.9 Å². The molecule has 0 aromatic carbocycles. The Morgan fingerprint density at radius 3 is 2.24 bits per heavy atom. The molecule has 0 unspecified atom stereocenters. The first-order valence-electron chi connectivity index (χ1n) is 4.55. The fraction of sp³-hybridized carbons (Fsp3) is 0. The van der Waals surface area contributed by atoms with Gasteiger partial charge in [0.1, 0.15) is 10.4 Å².